The van der Waals surface area contributed by atoms with Crippen molar-refractivity contribution in [3.63, 3.8) is 0 Å². The molecule has 1 aliphatic rings. The molecule has 0 saturated carbocycles. The third-order valence-electron chi connectivity index (χ3n) is 4.18. The van der Waals surface area contributed by atoms with Gasteiger partial charge in [-0.05, 0) is 24.6 Å². The van der Waals surface area contributed by atoms with Crippen LogP contribution in [-0.2, 0) is 19.3 Å². The lowest BCUT2D eigenvalue weighted by atomic mass is 10.00. The number of aryl methyl sites for hydroxylation is 1. The lowest BCUT2D eigenvalue weighted by Crippen LogP contribution is -2.58. The first kappa shape index (κ1) is 20.7. The van der Waals surface area contributed by atoms with Gasteiger partial charge in [0.2, 0.25) is 0 Å². The minimum atomic E-state index is -4.63. The summed E-state index contributed by atoms with van der Waals surface area (Å²) in [6.45, 7) is 0.890. The Morgan fingerprint density at radius 1 is 1.07 bits per heavy atom. The van der Waals surface area contributed by atoms with E-state index < -0.39 is 53.3 Å². The minimum Gasteiger partial charge on any atom is -0.423 e. The molecule has 0 aliphatic carbocycles. The number of fused-ring (bicyclic) bond motifs is 1. The molecule has 3 rings (SSSR count). The second kappa shape index (κ2) is 7.75. The number of aliphatic hydroxyl groups excluding tert-OH is 4. The van der Waals surface area contributed by atoms with E-state index in [1.807, 2.05) is 0 Å². The van der Waals surface area contributed by atoms with Gasteiger partial charge in [0.1, 0.15) is 35.7 Å². The molecule has 1 aromatic carbocycles. The molecule has 0 radical (unpaired) electrons. The van der Waals surface area contributed by atoms with Crippen LogP contribution in [-0.4, -0.2) is 66.2 Å². The Labute approximate surface area is 158 Å². The highest BCUT2D eigenvalue weighted by Crippen LogP contribution is 2.24. The van der Waals surface area contributed by atoms with Crippen molar-refractivity contribution >= 4 is 21.4 Å². The Morgan fingerprint density at radius 3 is 2.50 bits per heavy atom. The highest BCUT2D eigenvalue weighted by molar-refractivity contribution is 7.82. The first-order valence-corrected chi connectivity index (χ1v) is 9.42. The molecule has 154 valence electrons. The SMILES string of the molecule is Cc1cc(=O)oc2cc(OS(=O)(=O)OC[C@H]3OC(O)[C@H](O)[C@@H](O)[C@H]3O)ccc12. The summed E-state index contributed by atoms with van der Waals surface area (Å²) < 4.78 is 43.2. The van der Waals surface area contributed by atoms with Gasteiger partial charge in [-0.2, -0.15) is 8.42 Å². The molecule has 1 unspecified atom stereocenters. The van der Waals surface area contributed by atoms with Crippen molar-refractivity contribution in [2.24, 2.45) is 0 Å². The van der Waals surface area contributed by atoms with Gasteiger partial charge in [0.15, 0.2) is 6.29 Å². The van der Waals surface area contributed by atoms with Crippen LogP contribution in [0.3, 0.4) is 0 Å². The molecule has 1 aliphatic heterocycles. The molecule has 0 spiro atoms. The highest BCUT2D eigenvalue weighted by atomic mass is 32.3. The fraction of sp³-hybridized carbons (Fsp3) is 0.438. The van der Waals surface area contributed by atoms with Gasteiger partial charge in [-0.3, -0.25) is 0 Å². The van der Waals surface area contributed by atoms with Crippen LogP contribution >= 0.6 is 0 Å². The topological polar surface area (TPSA) is 173 Å². The predicted molar refractivity (Wildman–Crippen MR) is 91.6 cm³/mol. The van der Waals surface area contributed by atoms with E-state index in [0.29, 0.717) is 10.9 Å². The Balaban J connectivity index is 1.70. The van der Waals surface area contributed by atoms with E-state index in [0.717, 1.165) is 0 Å². The summed E-state index contributed by atoms with van der Waals surface area (Å²) in [4.78, 5) is 11.4. The second-order valence-electron chi connectivity index (χ2n) is 6.22. The zero-order chi connectivity index (χ0) is 20.6. The van der Waals surface area contributed by atoms with Crippen molar-refractivity contribution in [1.29, 1.82) is 0 Å². The molecule has 5 atom stereocenters. The van der Waals surface area contributed by atoms with Gasteiger partial charge in [-0.25, -0.2) is 8.98 Å². The van der Waals surface area contributed by atoms with Crippen molar-refractivity contribution in [1.82, 2.24) is 0 Å². The Hall–Kier alpha value is -2.06. The molecular weight excluding hydrogens is 400 g/mol. The summed E-state index contributed by atoms with van der Waals surface area (Å²) in [5.41, 5.74) is 0.146. The van der Waals surface area contributed by atoms with E-state index in [9.17, 15) is 33.6 Å². The van der Waals surface area contributed by atoms with Crippen molar-refractivity contribution in [3.05, 3.63) is 40.2 Å². The molecule has 4 N–H and O–H groups in total. The number of rotatable bonds is 5. The van der Waals surface area contributed by atoms with Crippen LogP contribution in [0.25, 0.3) is 11.0 Å². The molecule has 11 nitrogen and oxygen atoms in total. The summed E-state index contributed by atoms with van der Waals surface area (Å²) >= 11 is 0. The van der Waals surface area contributed by atoms with Crippen LogP contribution < -0.4 is 9.81 Å². The van der Waals surface area contributed by atoms with Crippen molar-refractivity contribution in [2.75, 3.05) is 6.61 Å². The molecular formula is C16H18O11S. The van der Waals surface area contributed by atoms with Gasteiger partial charge in [0.05, 0.1) is 6.61 Å². The molecule has 1 aromatic heterocycles. The minimum absolute atomic E-state index is 0.115. The Kier molecular flexibility index (Phi) is 5.72. The van der Waals surface area contributed by atoms with E-state index in [4.69, 9.17) is 13.3 Å². The van der Waals surface area contributed by atoms with Crippen molar-refractivity contribution < 1.29 is 46.4 Å². The standard InChI is InChI=1S/C16H18O11S/c1-7-4-12(17)25-10-5-8(2-3-9(7)10)27-28(22,23)24-6-11-13(18)14(19)15(20)16(21)26-11/h2-5,11,13-16,18-21H,6H2,1H3/t11-,13+,14+,15-,16?/m1/s1. The van der Waals surface area contributed by atoms with Gasteiger partial charge in [0, 0.05) is 17.5 Å². The molecule has 12 heteroatoms. The van der Waals surface area contributed by atoms with Crippen LogP contribution in [0.5, 0.6) is 5.75 Å². The normalized spacial score (nSPS) is 28.4. The zero-order valence-electron chi connectivity index (χ0n) is 14.5. The molecule has 0 bridgehead atoms. The van der Waals surface area contributed by atoms with Crippen LogP contribution in [0.15, 0.2) is 33.5 Å². The quantitative estimate of drug-likeness (QED) is 0.418. The zero-order valence-corrected chi connectivity index (χ0v) is 15.3. The Morgan fingerprint density at radius 2 is 1.79 bits per heavy atom. The summed E-state index contributed by atoms with van der Waals surface area (Å²) in [6, 6.07) is 5.31. The van der Waals surface area contributed by atoms with E-state index in [2.05, 4.69) is 4.18 Å². The average Bonchev–Trinajstić information content (AvgIpc) is 2.61. The van der Waals surface area contributed by atoms with E-state index in [1.54, 1.807) is 6.92 Å². The number of hydrogen-bond donors (Lipinski definition) is 4. The average molecular weight is 418 g/mol. The largest absolute Gasteiger partial charge is 0.449 e. The summed E-state index contributed by atoms with van der Waals surface area (Å²) in [7, 11) is -4.63. The fourth-order valence-corrected chi connectivity index (χ4v) is 3.41. The smallest absolute Gasteiger partial charge is 0.423 e. The Bertz CT molecular complexity index is 1010. The molecule has 28 heavy (non-hydrogen) atoms. The van der Waals surface area contributed by atoms with Crippen LogP contribution in [0.4, 0.5) is 0 Å². The molecule has 0 amide bonds. The maximum atomic E-state index is 12.0. The van der Waals surface area contributed by atoms with E-state index in [1.165, 1.54) is 24.3 Å². The maximum absolute atomic E-state index is 12.0. The summed E-state index contributed by atoms with van der Waals surface area (Å²) in [6.07, 6.45) is -8.49. The number of hydrogen-bond acceptors (Lipinski definition) is 11. The highest BCUT2D eigenvalue weighted by Gasteiger charge is 2.43. The summed E-state index contributed by atoms with van der Waals surface area (Å²) in [5, 5.41) is 38.8. The van der Waals surface area contributed by atoms with Gasteiger partial charge in [-0.15, -0.1) is 0 Å². The first-order valence-electron chi connectivity index (χ1n) is 8.08. The van der Waals surface area contributed by atoms with Gasteiger partial charge < -0.3 is 33.8 Å². The molecule has 1 saturated heterocycles. The van der Waals surface area contributed by atoms with Crippen molar-refractivity contribution in [3.8, 4) is 5.75 Å². The lowest BCUT2D eigenvalue weighted by molar-refractivity contribution is -0.285. The number of aliphatic hydroxyl groups is 4. The number of benzene rings is 1. The van der Waals surface area contributed by atoms with Gasteiger partial charge in [-0.1, -0.05) is 0 Å². The molecule has 2 aromatic rings. The first-order chi connectivity index (χ1) is 13.1. The maximum Gasteiger partial charge on any atom is 0.449 e. The van der Waals surface area contributed by atoms with E-state index in [-0.39, 0.29) is 11.3 Å². The molecule has 2 heterocycles. The van der Waals surface area contributed by atoms with Crippen LogP contribution in [0.1, 0.15) is 5.56 Å². The predicted octanol–water partition coefficient (Wildman–Crippen LogP) is -1.46. The van der Waals surface area contributed by atoms with Gasteiger partial charge in [0.25, 0.3) is 0 Å². The van der Waals surface area contributed by atoms with Crippen LogP contribution in [0.2, 0.25) is 0 Å². The lowest BCUT2D eigenvalue weighted by Gasteiger charge is -2.37. The summed E-state index contributed by atoms with van der Waals surface area (Å²) in [5.74, 6) is -0.193. The van der Waals surface area contributed by atoms with E-state index >= 15 is 0 Å². The monoisotopic (exact) mass is 418 g/mol. The second-order valence-corrected chi connectivity index (χ2v) is 7.44. The fourth-order valence-electron chi connectivity index (χ4n) is 2.72. The van der Waals surface area contributed by atoms with Crippen LogP contribution in [0, 0.1) is 6.92 Å². The van der Waals surface area contributed by atoms with Gasteiger partial charge >= 0.3 is 16.0 Å². The molecule has 1 fully saturated rings. The van der Waals surface area contributed by atoms with Crippen molar-refractivity contribution in [2.45, 2.75) is 37.6 Å². The third-order valence-corrected chi connectivity index (χ3v) is 5.01. The third kappa shape index (κ3) is 4.33. The number of ether oxygens (including phenoxy) is 1.